The minimum Gasteiger partial charge on any atom is -0.477 e. The number of H-pyrrole nitrogens is 2. The van der Waals surface area contributed by atoms with Crippen molar-refractivity contribution in [2.75, 3.05) is 0 Å². The number of carboxylic acid groups (broad SMARTS) is 1. The molecule has 1 aliphatic rings. The number of imidazole rings is 1. The standard InChI is InChI=1S/C11H13N5O2/c17-11(18)8-7(12-5-13-8)10-14-9(15-16-10)6-3-1-2-4-6/h5-6H,1-4H2,(H,12,13)(H,17,18)(H,14,15,16). The van der Waals surface area contributed by atoms with Crippen molar-refractivity contribution in [2.45, 2.75) is 31.6 Å². The normalized spacial score (nSPS) is 16.2. The predicted octanol–water partition coefficient (Wildman–Crippen LogP) is 1.55. The van der Waals surface area contributed by atoms with Gasteiger partial charge in [-0.25, -0.2) is 14.8 Å². The van der Waals surface area contributed by atoms with Gasteiger partial charge in [0.15, 0.2) is 5.69 Å². The Morgan fingerprint density at radius 2 is 2.17 bits per heavy atom. The Morgan fingerprint density at radius 1 is 1.39 bits per heavy atom. The zero-order valence-corrected chi connectivity index (χ0v) is 9.68. The van der Waals surface area contributed by atoms with Crippen molar-refractivity contribution in [3.63, 3.8) is 0 Å². The van der Waals surface area contributed by atoms with Crippen LogP contribution in [0.3, 0.4) is 0 Å². The fourth-order valence-electron chi connectivity index (χ4n) is 2.39. The van der Waals surface area contributed by atoms with E-state index < -0.39 is 5.97 Å². The van der Waals surface area contributed by atoms with Crippen LogP contribution in [-0.2, 0) is 0 Å². The topological polar surface area (TPSA) is 108 Å². The van der Waals surface area contributed by atoms with Crippen molar-refractivity contribution >= 4 is 5.97 Å². The van der Waals surface area contributed by atoms with Crippen LogP contribution >= 0.6 is 0 Å². The molecule has 0 radical (unpaired) electrons. The third-order valence-corrected chi connectivity index (χ3v) is 3.31. The van der Waals surface area contributed by atoms with E-state index >= 15 is 0 Å². The lowest BCUT2D eigenvalue weighted by Gasteiger charge is -2.01. The fraction of sp³-hybridized carbons (Fsp3) is 0.455. The first-order valence-corrected chi connectivity index (χ1v) is 5.95. The first-order chi connectivity index (χ1) is 8.75. The van der Waals surface area contributed by atoms with E-state index in [1.165, 1.54) is 19.2 Å². The molecule has 7 heteroatoms. The molecule has 2 aromatic heterocycles. The Labute approximate surface area is 103 Å². The van der Waals surface area contributed by atoms with Gasteiger partial charge in [-0.3, -0.25) is 5.10 Å². The Morgan fingerprint density at radius 3 is 2.89 bits per heavy atom. The first-order valence-electron chi connectivity index (χ1n) is 5.95. The molecule has 1 saturated carbocycles. The van der Waals surface area contributed by atoms with Gasteiger partial charge in [-0.1, -0.05) is 12.8 Å². The van der Waals surface area contributed by atoms with Gasteiger partial charge in [0, 0.05) is 5.92 Å². The number of aromatic carboxylic acids is 1. The largest absolute Gasteiger partial charge is 0.477 e. The molecule has 2 aromatic rings. The van der Waals surface area contributed by atoms with Crippen LogP contribution in [0.5, 0.6) is 0 Å². The summed E-state index contributed by atoms with van der Waals surface area (Å²) in [4.78, 5) is 21.9. The van der Waals surface area contributed by atoms with Gasteiger partial charge >= 0.3 is 5.97 Å². The molecular weight excluding hydrogens is 234 g/mol. The monoisotopic (exact) mass is 247 g/mol. The third kappa shape index (κ3) is 1.77. The number of nitrogens with zero attached hydrogens (tertiary/aromatic N) is 3. The maximum absolute atomic E-state index is 11.0. The Kier molecular flexibility index (Phi) is 2.58. The summed E-state index contributed by atoms with van der Waals surface area (Å²) in [7, 11) is 0. The van der Waals surface area contributed by atoms with Crippen LogP contribution < -0.4 is 0 Å². The number of hydrogen-bond donors (Lipinski definition) is 3. The number of rotatable bonds is 3. The molecule has 2 heterocycles. The highest BCUT2D eigenvalue weighted by Gasteiger charge is 2.23. The number of aromatic amines is 2. The van der Waals surface area contributed by atoms with E-state index in [0.29, 0.717) is 11.7 Å². The molecule has 0 bridgehead atoms. The quantitative estimate of drug-likeness (QED) is 0.762. The average molecular weight is 247 g/mol. The van der Waals surface area contributed by atoms with E-state index in [1.54, 1.807) is 0 Å². The van der Waals surface area contributed by atoms with Crippen LogP contribution in [0.1, 0.15) is 47.9 Å². The van der Waals surface area contributed by atoms with Crippen molar-refractivity contribution < 1.29 is 9.90 Å². The molecule has 0 saturated heterocycles. The summed E-state index contributed by atoms with van der Waals surface area (Å²) in [6, 6.07) is 0. The minimum absolute atomic E-state index is 0.0203. The van der Waals surface area contributed by atoms with E-state index in [-0.39, 0.29) is 11.4 Å². The molecule has 18 heavy (non-hydrogen) atoms. The summed E-state index contributed by atoms with van der Waals surface area (Å²) in [5.74, 6) is 0.533. The molecule has 1 fully saturated rings. The van der Waals surface area contributed by atoms with Crippen LogP contribution in [0.2, 0.25) is 0 Å². The molecule has 0 spiro atoms. The summed E-state index contributed by atoms with van der Waals surface area (Å²) in [6.45, 7) is 0. The van der Waals surface area contributed by atoms with Crippen molar-refractivity contribution in [1.82, 2.24) is 25.1 Å². The van der Waals surface area contributed by atoms with Gasteiger partial charge in [-0.2, -0.15) is 5.10 Å². The van der Waals surface area contributed by atoms with Gasteiger partial charge in [0.25, 0.3) is 0 Å². The average Bonchev–Trinajstić information content (AvgIpc) is 3.10. The van der Waals surface area contributed by atoms with E-state index in [4.69, 9.17) is 5.11 Å². The summed E-state index contributed by atoms with van der Waals surface area (Å²) in [6.07, 6.45) is 5.99. The lowest BCUT2D eigenvalue weighted by atomic mass is 10.1. The highest BCUT2D eigenvalue weighted by Crippen LogP contribution is 2.32. The number of aromatic nitrogens is 5. The highest BCUT2D eigenvalue weighted by atomic mass is 16.4. The van der Waals surface area contributed by atoms with Gasteiger partial charge in [0.2, 0.25) is 5.82 Å². The van der Waals surface area contributed by atoms with Gasteiger partial charge < -0.3 is 10.1 Å². The van der Waals surface area contributed by atoms with Crippen LogP contribution in [0.4, 0.5) is 0 Å². The number of hydrogen-bond acceptors (Lipinski definition) is 4. The van der Waals surface area contributed by atoms with Crippen molar-refractivity contribution in [1.29, 1.82) is 0 Å². The van der Waals surface area contributed by atoms with E-state index in [0.717, 1.165) is 18.7 Å². The predicted molar refractivity (Wildman–Crippen MR) is 62.1 cm³/mol. The number of nitrogens with one attached hydrogen (secondary N) is 2. The van der Waals surface area contributed by atoms with Crippen molar-refractivity contribution in [3.8, 4) is 11.5 Å². The summed E-state index contributed by atoms with van der Waals surface area (Å²) in [5.41, 5.74) is 0.301. The first kappa shape index (κ1) is 10.9. The fourth-order valence-corrected chi connectivity index (χ4v) is 2.39. The molecule has 7 nitrogen and oxygen atoms in total. The highest BCUT2D eigenvalue weighted by molar-refractivity contribution is 5.91. The molecular formula is C11H13N5O2. The number of carbonyl (C=O) groups is 1. The van der Waals surface area contributed by atoms with Gasteiger partial charge in [-0.05, 0) is 12.8 Å². The minimum atomic E-state index is -1.06. The van der Waals surface area contributed by atoms with Crippen LogP contribution in [0.25, 0.3) is 11.5 Å². The van der Waals surface area contributed by atoms with Gasteiger partial charge in [-0.15, -0.1) is 0 Å². The van der Waals surface area contributed by atoms with Gasteiger partial charge in [0.05, 0.1) is 6.33 Å². The second-order valence-corrected chi connectivity index (χ2v) is 4.46. The van der Waals surface area contributed by atoms with E-state index in [2.05, 4.69) is 25.1 Å². The lowest BCUT2D eigenvalue weighted by molar-refractivity contribution is 0.0692. The molecule has 3 N–H and O–H groups in total. The second-order valence-electron chi connectivity index (χ2n) is 4.46. The Hall–Kier alpha value is -2.18. The van der Waals surface area contributed by atoms with Gasteiger partial charge in [0.1, 0.15) is 11.5 Å². The van der Waals surface area contributed by atoms with Crippen LogP contribution in [0, 0.1) is 0 Å². The lowest BCUT2D eigenvalue weighted by Crippen LogP contribution is -2.00. The summed E-state index contributed by atoms with van der Waals surface area (Å²) in [5, 5.41) is 16.0. The SMILES string of the molecule is O=C(O)c1[nH]cnc1-c1n[nH]c(C2CCCC2)n1. The molecule has 1 aliphatic carbocycles. The van der Waals surface area contributed by atoms with Crippen LogP contribution in [-0.4, -0.2) is 36.2 Å². The zero-order valence-electron chi connectivity index (χ0n) is 9.68. The summed E-state index contributed by atoms with van der Waals surface area (Å²) >= 11 is 0. The smallest absolute Gasteiger partial charge is 0.354 e. The van der Waals surface area contributed by atoms with Crippen molar-refractivity contribution in [3.05, 3.63) is 17.8 Å². The van der Waals surface area contributed by atoms with Crippen molar-refractivity contribution in [2.24, 2.45) is 0 Å². The molecule has 94 valence electrons. The summed E-state index contributed by atoms with van der Waals surface area (Å²) < 4.78 is 0. The van der Waals surface area contributed by atoms with E-state index in [1.807, 2.05) is 0 Å². The molecule has 0 aliphatic heterocycles. The number of carboxylic acids is 1. The molecule has 0 atom stereocenters. The Balaban J connectivity index is 1.92. The van der Waals surface area contributed by atoms with Crippen LogP contribution in [0.15, 0.2) is 6.33 Å². The third-order valence-electron chi connectivity index (χ3n) is 3.31. The molecule has 0 unspecified atom stereocenters. The zero-order chi connectivity index (χ0) is 12.5. The molecule has 0 amide bonds. The Bertz CT molecular complexity index is 568. The second kappa shape index (κ2) is 4.25. The molecule has 0 aromatic carbocycles. The maximum Gasteiger partial charge on any atom is 0.354 e. The maximum atomic E-state index is 11.0. The van der Waals surface area contributed by atoms with E-state index in [9.17, 15) is 4.79 Å². The molecule has 3 rings (SSSR count).